The number of anilines is 1. The summed E-state index contributed by atoms with van der Waals surface area (Å²) in [4.78, 5) is 12.6. The van der Waals surface area contributed by atoms with Crippen molar-refractivity contribution in [2.45, 2.75) is 37.7 Å². The second-order valence-corrected chi connectivity index (χ2v) is 6.02. The lowest BCUT2D eigenvalue weighted by Gasteiger charge is -2.20. The van der Waals surface area contributed by atoms with Gasteiger partial charge in [-0.2, -0.15) is 5.26 Å². The minimum atomic E-state index is -0.521. The van der Waals surface area contributed by atoms with Crippen molar-refractivity contribution in [3.63, 3.8) is 0 Å². The van der Waals surface area contributed by atoms with E-state index < -0.39 is 11.7 Å². The number of hydrogen-bond donors (Lipinski definition) is 1. The van der Waals surface area contributed by atoms with Gasteiger partial charge < -0.3 is 4.74 Å². The lowest BCUT2D eigenvalue weighted by molar-refractivity contribution is 0.0635. The summed E-state index contributed by atoms with van der Waals surface area (Å²) < 4.78 is 5.21. The fraction of sp³-hybridized carbons (Fsp3) is 0.429. The first-order valence-corrected chi connectivity index (χ1v) is 7.00. The molecule has 0 aliphatic rings. The van der Waals surface area contributed by atoms with Gasteiger partial charge in [0, 0.05) is 17.1 Å². The van der Waals surface area contributed by atoms with Gasteiger partial charge in [0.05, 0.1) is 11.8 Å². The quantitative estimate of drug-likeness (QED) is 0.667. The molecule has 19 heavy (non-hydrogen) atoms. The summed E-state index contributed by atoms with van der Waals surface area (Å²) in [7, 11) is 0. The summed E-state index contributed by atoms with van der Waals surface area (Å²) in [5.41, 5.74) is 0.187. The van der Waals surface area contributed by atoms with Crippen molar-refractivity contribution in [1.82, 2.24) is 0 Å². The molecule has 1 aromatic rings. The highest BCUT2D eigenvalue weighted by Gasteiger charge is 2.17. The maximum atomic E-state index is 11.7. The summed E-state index contributed by atoms with van der Waals surface area (Å²) in [6, 6.07) is 9.57. The second-order valence-electron chi connectivity index (χ2n) is 4.88. The summed E-state index contributed by atoms with van der Waals surface area (Å²) in [5, 5.41) is 11.3. The Kier molecular flexibility index (Phi) is 5.71. The maximum Gasteiger partial charge on any atom is 0.412 e. The van der Waals surface area contributed by atoms with Crippen molar-refractivity contribution in [2.75, 3.05) is 11.1 Å². The number of rotatable bonds is 4. The molecule has 1 amide bonds. The standard InChI is InChI=1S/C14H18N2O2S/c1-14(2,3)18-13(17)16-11-7-4-5-8-12(11)19-10-6-9-15/h4-5,7-8H,6,10H2,1-3H3,(H,16,17). The molecule has 0 bridgehead atoms. The molecule has 0 atom stereocenters. The number of hydrogen-bond acceptors (Lipinski definition) is 4. The van der Waals surface area contributed by atoms with Gasteiger partial charge in [0.15, 0.2) is 0 Å². The minimum absolute atomic E-state index is 0.471. The molecule has 0 saturated heterocycles. The van der Waals surface area contributed by atoms with Crippen LogP contribution in [0.2, 0.25) is 0 Å². The van der Waals surface area contributed by atoms with Gasteiger partial charge >= 0.3 is 6.09 Å². The van der Waals surface area contributed by atoms with Crippen LogP contribution in [-0.4, -0.2) is 17.4 Å². The Labute approximate surface area is 118 Å². The highest BCUT2D eigenvalue weighted by Crippen LogP contribution is 2.27. The number of ether oxygens (including phenoxy) is 1. The molecule has 0 saturated carbocycles. The number of nitrogens with zero attached hydrogens (tertiary/aromatic N) is 1. The SMILES string of the molecule is CC(C)(C)OC(=O)Nc1ccccc1SCCC#N. The van der Waals surface area contributed by atoms with Crippen LogP contribution in [0.4, 0.5) is 10.5 Å². The number of nitrogens with one attached hydrogen (secondary N) is 1. The van der Waals surface area contributed by atoms with Crippen LogP contribution in [0.15, 0.2) is 29.2 Å². The van der Waals surface area contributed by atoms with E-state index in [1.165, 1.54) is 11.8 Å². The molecule has 1 aromatic carbocycles. The molecule has 0 aliphatic carbocycles. The predicted octanol–water partition coefficient (Wildman–Crippen LogP) is 4.04. The van der Waals surface area contributed by atoms with Crippen LogP contribution in [0.1, 0.15) is 27.2 Å². The Morgan fingerprint density at radius 2 is 2.11 bits per heavy atom. The molecule has 0 spiro atoms. The fourth-order valence-corrected chi connectivity index (χ4v) is 2.18. The van der Waals surface area contributed by atoms with Gasteiger partial charge in [0.2, 0.25) is 0 Å². The van der Waals surface area contributed by atoms with Crippen molar-refractivity contribution in [3.05, 3.63) is 24.3 Å². The maximum absolute atomic E-state index is 11.7. The average Bonchev–Trinajstić information content (AvgIpc) is 2.29. The van der Waals surface area contributed by atoms with E-state index in [9.17, 15) is 4.79 Å². The Morgan fingerprint density at radius 1 is 1.42 bits per heavy atom. The summed E-state index contributed by atoms with van der Waals surface area (Å²) in [5.74, 6) is 0.698. The first kappa shape index (κ1) is 15.4. The molecule has 102 valence electrons. The fourth-order valence-electron chi connectivity index (χ4n) is 1.32. The third-order valence-electron chi connectivity index (χ3n) is 1.99. The van der Waals surface area contributed by atoms with Gasteiger partial charge in [0.1, 0.15) is 5.60 Å². The van der Waals surface area contributed by atoms with Gasteiger partial charge in [0.25, 0.3) is 0 Å². The Hall–Kier alpha value is -1.67. The third kappa shape index (κ3) is 6.16. The van der Waals surface area contributed by atoms with Crippen LogP contribution < -0.4 is 5.32 Å². The lowest BCUT2D eigenvalue weighted by Crippen LogP contribution is -2.27. The molecule has 0 unspecified atom stereocenters. The number of amides is 1. The van der Waals surface area contributed by atoms with Crippen LogP contribution in [-0.2, 0) is 4.74 Å². The average molecular weight is 278 g/mol. The highest BCUT2D eigenvalue weighted by molar-refractivity contribution is 7.99. The summed E-state index contributed by atoms with van der Waals surface area (Å²) >= 11 is 1.54. The number of carbonyl (C=O) groups is 1. The van der Waals surface area contributed by atoms with Crippen LogP contribution in [0.3, 0.4) is 0 Å². The zero-order valence-corrected chi connectivity index (χ0v) is 12.2. The molecule has 1 N–H and O–H groups in total. The summed E-state index contributed by atoms with van der Waals surface area (Å²) in [6.07, 6.45) is 0.00617. The number of para-hydroxylation sites is 1. The Bertz CT molecular complexity index is 475. The van der Waals surface area contributed by atoms with Crippen molar-refractivity contribution >= 4 is 23.5 Å². The normalized spacial score (nSPS) is 10.6. The van der Waals surface area contributed by atoms with Crippen LogP contribution in [0.25, 0.3) is 0 Å². The first-order chi connectivity index (χ1) is 8.92. The van der Waals surface area contributed by atoms with Crippen LogP contribution in [0.5, 0.6) is 0 Å². The smallest absolute Gasteiger partial charge is 0.412 e. The molecule has 4 nitrogen and oxygen atoms in total. The molecule has 0 aliphatic heterocycles. The number of carbonyl (C=O) groups excluding carboxylic acids is 1. The van der Waals surface area contributed by atoms with E-state index >= 15 is 0 Å². The third-order valence-corrected chi connectivity index (χ3v) is 3.07. The lowest BCUT2D eigenvalue weighted by atomic mass is 10.2. The van der Waals surface area contributed by atoms with E-state index in [1.807, 2.05) is 45.0 Å². The molecule has 0 heterocycles. The second kappa shape index (κ2) is 7.05. The Balaban J connectivity index is 2.67. The molecular weight excluding hydrogens is 260 g/mol. The van der Waals surface area contributed by atoms with E-state index in [2.05, 4.69) is 11.4 Å². The monoisotopic (exact) mass is 278 g/mol. The number of benzene rings is 1. The Morgan fingerprint density at radius 3 is 2.74 bits per heavy atom. The van der Waals surface area contributed by atoms with E-state index in [0.717, 1.165) is 4.90 Å². The van der Waals surface area contributed by atoms with Crippen molar-refractivity contribution in [2.24, 2.45) is 0 Å². The molecular formula is C14H18N2O2S. The number of thioether (sulfide) groups is 1. The van der Waals surface area contributed by atoms with Gasteiger partial charge in [-0.15, -0.1) is 11.8 Å². The van der Waals surface area contributed by atoms with Crippen molar-refractivity contribution < 1.29 is 9.53 Å². The molecule has 5 heteroatoms. The van der Waals surface area contributed by atoms with Gasteiger partial charge in [-0.1, -0.05) is 12.1 Å². The van der Waals surface area contributed by atoms with E-state index in [4.69, 9.17) is 10.00 Å². The summed E-state index contributed by atoms with van der Waals surface area (Å²) in [6.45, 7) is 5.46. The van der Waals surface area contributed by atoms with Crippen molar-refractivity contribution in [1.29, 1.82) is 5.26 Å². The number of nitriles is 1. The van der Waals surface area contributed by atoms with E-state index in [1.54, 1.807) is 0 Å². The van der Waals surface area contributed by atoms with E-state index in [0.29, 0.717) is 17.9 Å². The van der Waals surface area contributed by atoms with Crippen LogP contribution in [0, 0.1) is 11.3 Å². The van der Waals surface area contributed by atoms with E-state index in [-0.39, 0.29) is 0 Å². The highest BCUT2D eigenvalue weighted by atomic mass is 32.2. The zero-order chi connectivity index (χ0) is 14.3. The van der Waals surface area contributed by atoms with Crippen LogP contribution >= 0.6 is 11.8 Å². The van der Waals surface area contributed by atoms with Gasteiger partial charge in [-0.25, -0.2) is 4.79 Å². The van der Waals surface area contributed by atoms with Gasteiger partial charge in [-0.3, -0.25) is 5.32 Å². The molecule has 0 fully saturated rings. The molecule has 0 radical (unpaired) electrons. The topological polar surface area (TPSA) is 62.1 Å². The van der Waals surface area contributed by atoms with Gasteiger partial charge in [-0.05, 0) is 32.9 Å². The molecule has 1 rings (SSSR count). The minimum Gasteiger partial charge on any atom is -0.444 e. The predicted molar refractivity (Wildman–Crippen MR) is 77.3 cm³/mol. The zero-order valence-electron chi connectivity index (χ0n) is 11.4. The first-order valence-electron chi connectivity index (χ1n) is 6.01. The van der Waals surface area contributed by atoms with Crippen molar-refractivity contribution in [3.8, 4) is 6.07 Å². The molecule has 0 aromatic heterocycles. The largest absolute Gasteiger partial charge is 0.444 e.